The van der Waals surface area contributed by atoms with Gasteiger partial charge in [0.05, 0.1) is 12.6 Å². The average Bonchev–Trinajstić information content (AvgIpc) is 3.52. The maximum Gasteiger partial charge on any atom is 0.322 e. The second-order valence-electron chi connectivity index (χ2n) is 11.0. The fourth-order valence-electron chi connectivity index (χ4n) is 5.37. The molecule has 1 atom stereocenters. The van der Waals surface area contributed by atoms with Crippen LogP contribution in [0.5, 0.6) is 11.5 Å². The normalized spacial score (nSPS) is 17.6. The number of ether oxygens (including phenoxy) is 2. The molecule has 2 aromatic rings. The molecule has 5 amide bonds. The van der Waals surface area contributed by atoms with Crippen molar-refractivity contribution in [3.05, 3.63) is 70.0 Å². The predicted molar refractivity (Wildman–Crippen MR) is 161 cm³/mol. The first-order valence-electron chi connectivity index (χ1n) is 14.2. The minimum Gasteiger partial charge on any atom is -0.497 e. The zero-order chi connectivity index (χ0) is 31.1. The molecule has 4 N–H and O–H groups in total. The number of hydrogen-bond acceptors (Lipinski definition) is 6. The Morgan fingerprint density at radius 3 is 2.57 bits per heavy atom. The molecule has 0 aromatic heterocycles. The van der Waals surface area contributed by atoms with Crippen molar-refractivity contribution < 1.29 is 28.7 Å². The van der Waals surface area contributed by atoms with Gasteiger partial charge < -0.3 is 25.4 Å². The lowest BCUT2D eigenvalue weighted by atomic mass is 9.83. The van der Waals surface area contributed by atoms with Crippen LogP contribution in [0.2, 0.25) is 0 Å². The van der Waals surface area contributed by atoms with Crippen LogP contribution in [0.1, 0.15) is 80.6 Å². The number of imide groups is 1. The molecule has 1 aliphatic carbocycles. The summed E-state index contributed by atoms with van der Waals surface area (Å²) in [4.78, 5) is 44.7. The summed E-state index contributed by atoms with van der Waals surface area (Å²) in [7, 11) is 1.59. The Balaban J connectivity index is 0.000000286. The highest BCUT2D eigenvalue weighted by Gasteiger charge is 2.38. The van der Waals surface area contributed by atoms with E-state index in [1.54, 1.807) is 13.2 Å². The molecular weight excluding hydrogens is 536 g/mol. The van der Waals surface area contributed by atoms with Crippen molar-refractivity contribution in [2.45, 2.75) is 78.3 Å². The van der Waals surface area contributed by atoms with E-state index in [1.807, 2.05) is 52.0 Å². The van der Waals surface area contributed by atoms with E-state index in [2.05, 4.69) is 34.3 Å². The van der Waals surface area contributed by atoms with Gasteiger partial charge in [-0.3, -0.25) is 19.7 Å². The van der Waals surface area contributed by atoms with Crippen LogP contribution in [0, 0.1) is 0 Å². The minimum atomic E-state index is -0.760. The van der Waals surface area contributed by atoms with Gasteiger partial charge in [0, 0.05) is 36.6 Å². The molecule has 10 nitrogen and oxygen atoms in total. The summed E-state index contributed by atoms with van der Waals surface area (Å²) in [5, 5.41) is 10.5. The van der Waals surface area contributed by atoms with Crippen LogP contribution in [-0.4, -0.2) is 43.4 Å². The van der Waals surface area contributed by atoms with Gasteiger partial charge in [0.25, 0.3) is 5.91 Å². The van der Waals surface area contributed by atoms with Crippen molar-refractivity contribution in [2.24, 2.45) is 0 Å². The molecule has 0 saturated carbocycles. The first-order valence-corrected chi connectivity index (χ1v) is 14.2. The summed E-state index contributed by atoms with van der Waals surface area (Å²) in [6.07, 6.45) is 4.97. The molecule has 2 heterocycles. The van der Waals surface area contributed by atoms with Gasteiger partial charge in [-0.05, 0) is 74.1 Å². The summed E-state index contributed by atoms with van der Waals surface area (Å²) in [5.41, 5.74) is 4.67. The quantitative estimate of drug-likeness (QED) is 0.382. The van der Waals surface area contributed by atoms with Gasteiger partial charge in [-0.25, -0.2) is 4.79 Å². The second kappa shape index (κ2) is 13.5. The van der Waals surface area contributed by atoms with Crippen molar-refractivity contribution >= 4 is 24.3 Å². The number of benzene rings is 2. The fourth-order valence-corrected chi connectivity index (χ4v) is 5.37. The second-order valence-corrected chi connectivity index (χ2v) is 11.0. The molecule has 0 spiro atoms. The molecule has 0 bridgehead atoms. The topological polar surface area (TPSA) is 135 Å². The molecule has 3 aliphatic rings. The van der Waals surface area contributed by atoms with Crippen molar-refractivity contribution in [3.63, 3.8) is 0 Å². The summed E-state index contributed by atoms with van der Waals surface area (Å²) in [6.45, 7) is 12.6. The van der Waals surface area contributed by atoms with Crippen LogP contribution in [-0.2, 0) is 34.4 Å². The number of urea groups is 1. The lowest BCUT2D eigenvalue weighted by Gasteiger charge is -2.32. The van der Waals surface area contributed by atoms with Gasteiger partial charge in [0.2, 0.25) is 12.3 Å². The molecule has 2 aromatic carbocycles. The SMILES string of the molecule is CC.CC(=O)NCC1(C)CCc2c1ccc1c2CC=C(C(C)(C)NC(=O)NC=O)O1.COc1ccc2c(c1)C(=O)NC2. The van der Waals surface area contributed by atoms with Gasteiger partial charge in [0.1, 0.15) is 17.3 Å². The first kappa shape index (κ1) is 32.2. The van der Waals surface area contributed by atoms with Crippen LogP contribution in [0.25, 0.3) is 0 Å². The standard InChI is InChI=1S/C21H27N3O4.C9H9NO2.C2H6/c1-13(26)22-11-21(4)10-9-14-15-5-8-18(28-17(15)7-6-16(14)21)20(2,3)24-19(27)23-12-25;1-12-7-3-2-6-5-10-9(11)8(6)4-7;1-2/h6-8,12H,5,9-11H2,1-4H3,(H,22,26)(H2,23,24,25,27);2-4H,5H2,1H3,(H,10,11);1-2H3. The van der Waals surface area contributed by atoms with Crippen LogP contribution in [0.15, 0.2) is 42.2 Å². The van der Waals surface area contributed by atoms with Crippen molar-refractivity contribution in [3.8, 4) is 11.5 Å². The zero-order valence-corrected chi connectivity index (χ0v) is 25.5. The number of carbonyl (C=O) groups excluding carboxylic acids is 4. The van der Waals surface area contributed by atoms with E-state index in [0.29, 0.717) is 31.7 Å². The Morgan fingerprint density at radius 2 is 1.90 bits per heavy atom. The Morgan fingerprint density at radius 1 is 1.17 bits per heavy atom. The lowest BCUT2D eigenvalue weighted by Crippen LogP contribution is -2.50. The maximum absolute atomic E-state index is 11.7. The summed E-state index contributed by atoms with van der Waals surface area (Å²) in [6, 6.07) is 9.02. The van der Waals surface area contributed by atoms with Crippen LogP contribution in [0.4, 0.5) is 4.79 Å². The summed E-state index contributed by atoms with van der Waals surface area (Å²) < 4.78 is 11.1. The fraction of sp³-hybridized carbons (Fsp3) is 0.438. The molecule has 42 heavy (non-hydrogen) atoms. The third-order valence-electron chi connectivity index (χ3n) is 7.64. The van der Waals surface area contributed by atoms with Gasteiger partial charge in [-0.1, -0.05) is 32.9 Å². The number of allylic oxidation sites excluding steroid dienone is 1. The monoisotopic (exact) mass is 578 g/mol. The van der Waals surface area contributed by atoms with E-state index in [4.69, 9.17) is 9.47 Å². The Hall–Kier alpha value is -4.34. The third-order valence-corrected chi connectivity index (χ3v) is 7.64. The molecule has 1 unspecified atom stereocenters. The van der Waals surface area contributed by atoms with Crippen molar-refractivity contribution in [2.75, 3.05) is 13.7 Å². The highest BCUT2D eigenvalue weighted by molar-refractivity contribution is 5.98. The third kappa shape index (κ3) is 7.10. The Bertz CT molecular complexity index is 1380. The van der Waals surface area contributed by atoms with Crippen LogP contribution >= 0.6 is 0 Å². The minimum absolute atomic E-state index is 0.0103. The Kier molecular flexibility index (Phi) is 10.4. The average molecular weight is 579 g/mol. The number of rotatable bonds is 6. The number of nitrogens with one attached hydrogen (secondary N) is 4. The van der Waals surface area contributed by atoms with E-state index in [-0.39, 0.29) is 17.2 Å². The molecule has 226 valence electrons. The highest BCUT2D eigenvalue weighted by atomic mass is 16.5. The largest absolute Gasteiger partial charge is 0.497 e. The smallest absolute Gasteiger partial charge is 0.322 e. The van der Waals surface area contributed by atoms with Crippen LogP contribution < -0.4 is 30.7 Å². The van der Waals surface area contributed by atoms with E-state index in [9.17, 15) is 19.2 Å². The van der Waals surface area contributed by atoms with Crippen LogP contribution in [0.3, 0.4) is 0 Å². The highest BCUT2D eigenvalue weighted by Crippen LogP contribution is 2.44. The number of methoxy groups -OCH3 is 1. The zero-order valence-electron chi connectivity index (χ0n) is 25.5. The lowest BCUT2D eigenvalue weighted by molar-refractivity contribution is -0.119. The van der Waals surface area contributed by atoms with E-state index in [0.717, 1.165) is 35.5 Å². The molecular formula is C32H42N4O6. The molecule has 0 saturated heterocycles. The molecule has 0 radical (unpaired) electrons. The molecule has 10 heteroatoms. The number of amides is 5. The first-order chi connectivity index (χ1) is 20.0. The number of carbonyl (C=O) groups is 4. The van der Waals surface area contributed by atoms with Crippen molar-refractivity contribution in [1.82, 2.24) is 21.3 Å². The van der Waals surface area contributed by atoms with Gasteiger partial charge in [0.15, 0.2) is 0 Å². The van der Waals surface area contributed by atoms with E-state index < -0.39 is 11.6 Å². The maximum atomic E-state index is 11.7. The molecule has 2 aliphatic heterocycles. The van der Waals surface area contributed by atoms with Crippen molar-refractivity contribution in [1.29, 1.82) is 0 Å². The molecule has 5 rings (SSSR count). The van der Waals surface area contributed by atoms with E-state index in [1.165, 1.54) is 23.6 Å². The number of fused-ring (bicyclic) bond motifs is 4. The van der Waals surface area contributed by atoms with Gasteiger partial charge in [-0.15, -0.1) is 0 Å². The number of hydrogen-bond donors (Lipinski definition) is 4. The summed E-state index contributed by atoms with van der Waals surface area (Å²) in [5.74, 6) is 2.14. The Labute approximate surface area is 247 Å². The van der Waals surface area contributed by atoms with E-state index >= 15 is 0 Å². The summed E-state index contributed by atoms with van der Waals surface area (Å²) >= 11 is 0. The predicted octanol–water partition coefficient (Wildman–Crippen LogP) is 4.04. The molecule has 0 fully saturated rings. The van der Waals surface area contributed by atoms with Gasteiger partial charge in [-0.2, -0.15) is 0 Å². The van der Waals surface area contributed by atoms with Gasteiger partial charge >= 0.3 is 6.03 Å².